The van der Waals surface area contributed by atoms with Crippen LogP contribution in [0.25, 0.3) is 5.57 Å². The maximum atomic E-state index is 11.9. The molecule has 0 radical (unpaired) electrons. The lowest BCUT2D eigenvalue weighted by molar-refractivity contribution is -0.121. The van der Waals surface area contributed by atoms with Gasteiger partial charge in [0.05, 0.1) is 0 Å². The van der Waals surface area contributed by atoms with E-state index in [1.807, 2.05) is 6.07 Å². The molecule has 4 rings (SSSR count). The summed E-state index contributed by atoms with van der Waals surface area (Å²) in [7, 11) is 0. The van der Waals surface area contributed by atoms with Gasteiger partial charge in [-0.25, -0.2) is 0 Å². The predicted octanol–water partition coefficient (Wildman–Crippen LogP) is 3.48. The minimum Gasteiger partial charge on any atom is -0.508 e. The van der Waals surface area contributed by atoms with E-state index in [0.717, 1.165) is 38.5 Å². The highest BCUT2D eigenvalue weighted by Gasteiger charge is 2.41. The minimum absolute atomic E-state index is 0.317. The molecule has 1 saturated carbocycles. The summed E-state index contributed by atoms with van der Waals surface area (Å²) in [5.74, 6) is 1.70. The van der Waals surface area contributed by atoms with Gasteiger partial charge in [-0.15, -0.1) is 0 Å². The molecule has 0 amide bonds. The number of benzene rings is 1. The van der Waals surface area contributed by atoms with E-state index in [2.05, 4.69) is 6.07 Å². The standard InChI is InChI=1S/C17H18O2/c18-11-2-4-12-10(9-11)1-3-14-13(12)5-6-16-15(14)7-8-17(16)19/h2,4,9,15-16,18H,1,3,5-8H2/t15-,16-/m0/s1. The number of rotatable bonds is 0. The number of allylic oxidation sites excluding steroid dienone is 2. The van der Waals surface area contributed by atoms with Crippen molar-refractivity contribution in [2.24, 2.45) is 11.8 Å². The molecule has 3 aliphatic rings. The van der Waals surface area contributed by atoms with Crippen molar-refractivity contribution in [1.29, 1.82) is 0 Å². The van der Waals surface area contributed by atoms with Crippen molar-refractivity contribution in [2.45, 2.75) is 38.5 Å². The largest absolute Gasteiger partial charge is 0.508 e. The van der Waals surface area contributed by atoms with E-state index in [4.69, 9.17) is 0 Å². The van der Waals surface area contributed by atoms with Gasteiger partial charge in [0.15, 0.2) is 0 Å². The van der Waals surface area contributed by atoms with Crippen LogP contribution in [-0.2, 0) is 11.2 Å². The molecule has 19 heavy (non-hydrogen) atoms. The molecule has 0 bridgehead atoms. The van der Waals surface area contributed by atoms with E-state index in [9.17, 15) is 9.90 Å². The Morgan fingerprint density at radius 2 is 1.84 bits per heavy atom. The van der Waals surface area contributed by atoms with Gasteiger partial charge in [-0.1, -0.05) is 11.6 Å². The molecule has 0 aliphatic heterocycles. The van der Waals surface area contributed by atoms with Crippen molar-refractivity contribution in [3.05, 3.63) is 34.9 Å². The zero-order valence-electron chi connectivity index (χ0n) is 11.0. The third kappa shape index (κ3) is 1.59. The monoisotopic (exact) mass is 254 g/mol. The number of hydrogen-bond donors (Lipinski definition) is 1. The molecule has 0 spiro atoms. The molecule has 1 fully saturated rings. The van der Waals surface area contributed by atoms with Crippen LogP contribution in [-0.4, -0.2) is 10.9 Å². The number of fused-ring (bicyclic) bond motifs is 4. The van der Waals surface area contributed by atoms with Crippen LogP contribution in [0.4, 0.5) is 0 Å². The van der Waals surface area contributed by atoms with E-state index in [1.54, 1.807) is 11.6 Å². The van der Waals surface area contributed by atoms with Gasteiger partial charge in [0, 0.05) is 12.3 Å². The Hall–Kier alpha value is -1.57. The average Bonchev–Trinajstić information content (AvgIpc) is 2.80. The number of Topliss-reactive ketones (excluding diaryl/α,β-unsaturated/α-hetero) is 1. The number of carbonyl (C=O) groups is 1. The molecule has 0 heterocycles. The van der Waals surface area contributed by atoms with Gasteiger partial charge < -0.3 is 5.11 Å². The van der Waals surface area contributed by atoms with Crippen LogP contribution < -0.4 is 0 Å². The summed E-state index contributed by atoms with van der Waals surface area (Å²) in [6.07, 6.45) is 6.02. The second-order valence-corrected chi connectivity index (χ2v) is 6.10. The van der Waals surface area contributed by atoms with Crippen molar-refractivity contribution in [3.8, 4) is 5.75 Å². The Labute approximate surface area is 113 Å². The van der Waals surface area contributed by atoms with Gasteiger partial charge in [0.2, 0.25) is 0 Å². The van der Waals surface area contributed by atoms with Crippen LogP contribution in [0.3, 0.4) is 0 Å². The first-order chi connectivity index (χ1) is 9.24. The Morgan fingerprint density at radius 1 is 1.00 bits per heavy atom. The minimum atomic E-state index is 0.317. The zero-order chi connectivity index (χ0) is 13.0. The third-order valence-corrected chi connectivity index (χ3v) is 5.22. The Morgan fingerprint density at radius 3 is 2.74 bits per heavy atom. The fourth-order valence-corrected chi connectivity index (χ4v) is 4.37. The summed E-state index contributed by atoms with van der Waals surface area (Å²) in [6, 6.07) is 5.77. The molecule has 2 atom stereocenters. The van der Waals surface area contributed by atoms with Crippen LogP contribution in [0.5, 0.6) is 5.75 Å². The number of phenols is 1. The van der Waals surface area contributed by atoms with Crippen LogP contribution in [0.1, 0.15) is 43.2 Å². The van der Waals surface area contributed by atoms with E-state index < -0.39 is 0 Å². The summed E-state index contributed by atoms with van der Waals surface area (Å²) < 4.78 is 0. The smallest absolute Gasteiger partial charge is 0.136 e. The number of aryl methyl sites for hydroxylation is 1. The molecule has 3 aliphatic carbocycles. The third-order valence-electron chi connectivity index (χ3n) is 5.22. The fourth-order valence-electron chi connectivity index (χ4n) is 4.37. The highest BCUT2D eigenvalue weighted by molar-refractivity contribution is 5.87. The van der Waals surface area contributed by atoms with Crippen LogP contribution in [0.2, 0.25) is 0 Å². The van der Waals surface area contributed by atoms with Crippen molar-refractivity contribution in [2.75, 3.05) is 0 Å². The lowest BCUT2D eigenvalue weighted by Gasteiger charge is -2.34. The highest BCUT2D eigenvalue weighted by atomic mass is 16.3. The maximum absolute atomic E-state index is 11.9. The van der Waals surface area contributed by atoms with Gasteiger partial charge in [0.25, 0.3) is 0 Å². The van der Waals surface area contributed by atoms with Crippen molar-refractivity contribution in [1.82, 2.24) is 0 Å². The fraction of sp³-hybridized carbons (Fsp3) is 0.471. The molecule has 98 valence electrons. The number of aromatic hydroxyl groups is 1. The molecular formula is C17H18O2. The number of phenolic OH excluding ortho intramolecular Hbond substituents is 1. The Balaban J connectivity index is 1.82. The SMILES string of the molecule is O=C1CC[C@H]2C3=C(CC[C@H]12)c1ccc(O)cc1CC3. The van der Waals surface area contributed by atoms with Crippen LogP contribution in [0, 0.1) is 11.8 Å². The highest BCUT2D eigenvalue weighted by Crippen LogP contribution is 2.50. The number of ketones is 1. The lowest BCUT2D eigenvalue weighted by atomic mass is 9.70. The summed E-state index contributed by atoms with van der Waals surface area (Å²) in [5, 5.41) is 9.61. The van der Waals surface area contributed by atoms with Gasteiger partial charge >= 0.3 is 0 Å². The summed E-state index contributed by atoms with van der Waals surface area (Å²) in [4.78, 5) is 11.9. The van der Waals surface area contributed by atoms with Crippen molar-refractivity contribution >= 4 is 11.4 Å². The van der Waals surface area contributed by atoms with E-state index in [-0.39, 0.29) is 0 Å². The lowest BCUT2D eigenvalue weighted by Crippen LogP contribution is -2.24. The van der Waals surface area contributed by atoms with Gasteiger partial charge in [0.1, 0.15) is 11.5 Å². The van der Waals surface area contributed by atoms with Gasteiger partial charge in [-0.2, -0.15) is 0 Å². The van der Waals surface area contributed by atoms with E-state index in [1.165, 1.54) is 16.7 Å². The second kappa shape index (κ2) is 3.96. The quantitative estimate of drug-likeness (QED) is 0.769. The Kier molecular flexibility index (Phi) is 2.35. The van der Waals surface area contributed by atoms with Crippen molar-refractivity contribution < 1.29 is 9.90 Å². The molecule has 1 aromatic rings. The summed E-state index contributed by atoms with van der Waals surface area (Å²) >= 11 is 0. The predicted molar refractivity (Wildman–Crippen MR) is 73.8 cm³/mol. The Bertz CT molecular complexity index is 597. The van der Waals surface area contributed by atoms with Crippen molar-refractivity contribution in [3.63, 3.8) is 0 Å². The molecule has 2 heteroatoms. The molecule has 1 aromatic carbocycles. The molecule has 0 saturated heterocycles. The number of carbonyl (C=O) groups excluding carboxylic acids is 1. The average molecular weight is 254 g/mol. The molecule has 0 aromatic heterocycles. The first-order valence-electron chi connectivity index (χ1n) is 7.31. The molecule has 2 nitrogen and oxygen atoms in total. The normalized spacial score (nSPS) is 28.9. The van der Waals surface area contributed by atoms with Gasteiger partial charge in [-0.05, 0) is 66.9 Å². The molecular weight excluding hydrogens is 236 g/mol. The van der Waals surface area contributed by atoms with Crippen LogP contribution in [0.15, 0.2) is 23.8 Å². The van der Waals surface area contributed by atoms with E-state index in [0.29, 0.717) is 23.4 Å². The van der Waals surface area contributed by atoms with Crippen LogP contribution >= 0.6 is 0 Å². The first kappa shape index (κ1) is 11.3. The number of hydrogen-bond acceptors (Lipinski definition) is 2. The topological polar surface area (TPSA) is 37.3 Å². The summed E-state index contributed by atoms with van der Waals surface area (Å²) in [6.45, 7) is 0. The zero-order valence-corrected chi connectivity index (χ0v) is 11.0. The second-order valence-electron chi connectivity index (χ2n) is 6.10. The first-order valence-corrected chi connectivity index (χ1v) is 7.31. The molecule has 0 unspecified atom stereocenters. The van der Waals surface area contributed by atoms with Gasteiger partial charge in [-0.3, -0.25) is 4.79 Å². The summed E-state index contributed by atoms with van der Waals surface area (Å²) in [5.41, 5.74) is 5.65. The maximum Gasteiger partial charge on any atom is 0.136 e. The van der Waals surface area contributed by atoms with E-state index >= 15 is 0 Å². The molecule has 1 N–H and O–H groups in total.